The number of nitrogens with zero attached hydrogens (tertiary/aromatic N) is 2. The van der Waals surface area contributed by atoms with Crippen molar-refractivity contribution in [1.29, 1.82) is 5.26 Å². The molecule has 0 saturated carbocycles. The molecule has 4 aromatic rings. The number of sulfone groups is 1. The quantitative estimate of drug-likeness (QED) is 0.402. The largest absolute Gasteiger partial charge is 0.334 e. The Labute approximate surface area is 190 Å². The van der Waals surface area contributed by atoms with Crippen LogP contribution in [0.1, 0.15) is 11.1 Å². The van der Waals surface area contributed by atoms with Crippen LogP contribution in [0.15, 0.2) is 95.0 Å². The minimum atomic E-state index is -3.84. The van der Waals surface area contributed by atoms with Crippen LogP contribution >= 0.6 is 0 Å². The van der Waals surface area contributed by atoms with Crippen LogP contribution in [-0.4, -0.2) is 24.6 Å². The van der Waals surface area contributed by atoms with Gasteiger partial charge in [-0.2, -0.15) is 10.4 Å². The van der Waals surface area contributed by atoms with Gasteiger partial charge >= 0.3 is 6.03 Å². The summed E-state index contributed by atoms with van der Waals surface area (Å²) in [6.07, 6.45) is 3.28. The first-order valence-electron chi connectivity index (χ1n) is 9.94. The Morgan fingerprint density at radius 2 is 1.82 bits per heavy atom. The van der Waals surface area contributed by atoms with Crippen molar-refractivity contribution < 1.29 is 13.2 Å². The van der Waals surface area contributed by atoms with Crippen LogP contribution in [0.25, 0.3) is 11.1 Å². The van der Waals surface area contributed by atoms with E-state index in [1.54, 1.807) is 60.9 Å². The van der Waals surface area contributed by atoms with Gasteiger partial charge in [-0.25, -0.2) is 13.2 Å². The summed E-state index contributed by atoms with van der Waals surface area (Å²) in [4.78, 5) is 12.3. The summed E-state index contributed by atoms with van der Waals surface area (Å²) < 4.78 is 26.8. The molecule has 0 radical (unpaired) electrons. The third-order valence-corrected chi connectivity index (χ3v) is 6.74. The molecule has 0 spiro atoms. The van der Waals surface area contributed by atoms with Gasteiger partial charge in [0.15, 0.2) is 0 Å². The molecule has 2 amide bonds. The van der Waals surface area contributed by atoms with Gasteiger partial charge in [-0.15, -0.1) is 0 Å². The molecule has 0 bridgehead atoms. The summed E-state index contributed by atoms with van der Waals surface area (Å²) in [6.45, 7) is 0.304. The van der Waals surface area contributed by atoms with Crippen LogP contribution in [-0.2, 0) is 16.4 Å². The first-order chi connectivity index (χ1) is 16.0. The van der Waals surface area contributed by atoms with Crippen molar-refractivity contribution in [2.75, 3.05) is 5.32 Å². The number of hydrogen-bond acceptors (Lipinski definition) is 5. The molecule has 8 nitrogen and oxygen atoms in total. The number of aromatic amines is 1. The van der Waals surface area contributed by atoms with E-state index in [0.29, 0.717) is 28.9 Å². The number of hydrogen-bond donors (Lipinski definition) is 3. The van der Waals surface area contributed by atoms with Crippen LogP contribution in [0, 0.1) is 11.3 Å². The summed E-state index contributed by atoms with van der Waals surface area (Å²) >= 11 is 0. The molecule has 0 fully saturated rings. The normalized spacial score (nSPS) is 10.9. The lowest BCUT2D eigenvalue weighted by Crippen LogP contribution is -2.28. The Morgan fingerprint density at radius 3 is 2.55 bits per heavy atom. The first kappa shape index (κ1) is 21.8. The Hall–Kier alpha value is -4.42. The zero-order valence-electron chi connectivity index (χ0n) is 17.3. The highest BCUT2D eigenvalue weighted by Gasteiger charge is 2.22. The molecule has 0 saturated heterocycles. The fraction of sp³-hybridized carbons (Fsp3) is 0.0417. The average Bonchev–Trinajstić information content (AvgIpc) is 3.37. The van der Waals surface area contributed by atoms with E-state index < -0.39 is 15.9 Å². The zero-order valence-corrected chi connectivity index (χ0v) is 18.1. The number of aromatic nitrogens is 2. The molecule has 4 rings (SSSR count). The number of urea groups is 1. The third kappa shape index (κ3) is 4.92. The van der Waals surface area contributed by atoms with Gasteiger partial charge in [-0.05, 0) is 48.0 Å². The lowest BCUT2D eigenvalue weighted by molar-refractivity contribution is 0.251. The molecule has 0 aliphatic heterocycles. The van der Waals surface area contributed by atoms with Crippen LogP contribution in [0.4, 0.5) is 10.5 Å². The second-order valence-electron chi connectivity index (χ2n) is 7.13. The van der Waals surface area contributed by atoms with E-state index in [-0.39, 0.29) is 9.79 Å². The Bertz CT molecular complexity index is 1420. The fourth-order valence-corrected chi connectivity index (χ4v) is 4.75. The van der Waals surface area contributed by atoms with Crippen molar-refractivity contribution in [2.24, 2.45) is 0 Å². The molecule has 0 atom stereocenters. The maximum Gasteiger partial charge on any atom is 0.319 e. The molecule has 0 aliphatic rings. The van der Waals surface area contributed by atoms with Crippen molar-refractivity contribution in [2.45, 2.75) is 16.3 Å². The Morgan fingerprint density at radius 1 is 1.03 bits per heavy atom. The lowest BCUT2D eigenvalue weighted by atomic mass is 10.0. The number of carbonyl (C=O) groups excluding carboxylic acids is 1. The summed E-state index contributed by atoms with van der Waals surface area (Å²) in [6, 6.07) is 21.1. The van der Waals surface area contributed by atoms with Crippen molar-refractivity contribution in [3.05, 3.63) is 96.3 Å². The molecule has 33 heavy (non-hydrogen) atoms. The predicted octanol–water partition coefficient (Wildman–Crippen LogP) is 4.10. The van der Waals surface area contributed by atoms with E-state index >= 15 is 0 Å². The molecule has 3 aromatic carbocycles. The number of rotatable bonds is 6. The van der Waals surface area contributed by atoms with Gasteiger partial charge in [0.05, 0.1) is 27.6 Å². The minimum Gasteiger partial charge on any atom is -0.334 e. The average molecular weight is 458 g/mol. The highest BCUT2D eigenvalue weighted by Crippen LogP contribution is 2.32. The summed E-state index contributed by atoms with van der Waals surface area (Å²) in [5.41, 5.74) is 2.87. The fourth-order valence-electron chi connectivity index (χ4n) is 3.27. The molecule has 1 aromatic heterocycles. The van der Waals surface area contributed by atoms with Crippen LogP contribution < -0.4 is 10.6 Å². The smallest absolute Gasteiger partial charge is 0.319 e. The van der Waals surface area contributed by atoms with Gasteiger partial charge in [0, 0.05) is 29.6 Å². The van der Waals surface area contributed by atoms with Crippen molar-refractivity contribution in [1.82, 2.24) is 15.5 Å². The second-order valence-corrected chi connectivity index (χ2v) is 9.05. The molecule has 1 heterocycles. The maximum absolute atomic E-state index is 13.4. The highest BCUT2D eigenvalue weighted by molar-refractivity contribution is 7.91. The van der Waals surface area contributed by atoms with Gasteiger partial charge in [0.25, 0.3) is 0 Å². The van der Waals surface area contributed by atoms with Gasteiger partial charge in [0.1, 0.15) is 0 Å². The topological polar surface area (TPSA) is 128 Å². The van der Waals surface area contributed by atoms with E-state index in [2.05, 4.69) is 26.9 Å². The van der Waals surface area contributed by atoms with Crippen LogP contribution in [0.2, 0.25) is 0 Å². The number of benzene rings is 3. The summed E-state index contributed by atoms with van der Waals surface area (Å²) in [5.74, 6) is 0. The van der Waals surface area contributed by atoms with Gasteiger partial charge < -0.3 is 10.6 Å². The molecule has 3 N–H and O–H groups in total. The SMILES string of the molecule is N#Cc1cccc(-c2ccccc2S(=O)(=O)c2ccc(NC(=O)NCc3cn[nH]c3)cc2)c1. The van der Waals surface area contributed by atoms with E-state index in [0.717, 1.165) is 5.56 Å². The number of nitrogens with one attached hydrogen (secondary N) is 3. The van der Waals surface area contributed by atoms with Gasteiger partial charge in [-0.3, -0.25) is 5.10 Å². The standard InChI is InChI=1S/C24H19N5O3S/c25-13-17-4-3-5-19(12-17)22-6-1-2-7-23(22)33(31,32)21-10-8-20(9-11-21)29-24(30)26-14-18-15-27-28-16-18/h1-12,15-16H,14H2,(H,27,28)(H2,26,29,30). The van der Waals surface area contributed by atoms with E-state index in [4.69, 9.17) is 0 Å². The number of nitriles is 1. The molecule has 0 unspecified atom stereocenters. The van der Waals surface area contributed by atoms with Gasteiger partial charge in [-0.1, -0.05) is 30.3 Å². The Balaban J connectivity index is 1.55. The lowest BCUT2D eigenvalue weighted by Gasteiger charge is -2.12. The molecule has 164 valence electrons. The second kappa shape index (κ2) is 9.38. The van der Waals surface area contributed by atoms with E-state index in [9.17, 15) is 18.5 Å². The number of carbonyl (C=O) groups is 1. The van der Waals surface area contributed by atoms with Crippen LogP contribution in [0.3, 0.4) is 0 Å². The monoisotopic (exact) mass is 457 g/mol. The van der Waals surface area contributed by atoms with Crippen molar-refractivity contribution in [3.8, 4) is 17.2 Å². The summed E-state index contributed by atoms with van der Waals surface area (Å²) in [5, 5.41) is 21.0. The van der Waals surface area contributed by atoms with Crippen molar-refractivity contribution in [3.63, 3.8) is 0 Å². The number of H-pyrrole nitrogens is 1. The van der Waals surface area contributed by atoms with Gasteiger partial charge in [0.2, 0.25) is 9.84 Å². The highest BCUT2D eigenvalue weighted by atomic mass is 32.2. The summed E-state index contributed by atoms with van der Waals surface area (Å²) in [7, 11) is -3.84. The third-order valence-electron chi connectivity index (χ3n) is 4.91. The molecular formula is C24H19N5O3S. The predicted molar refractivity (Wildman–Crippen MR) is 123 cm³/mol. The number of anilines is 1. The first-order valence-corrected chi connectivity index (χ1v) is 11.4. The maximum atomic E-state index is 13.4. The molecule has 0 aliphatic carbocycles. The van der Waals surface area contributed by atoms with E-state index in [1.807, 2.05) is 0 Å². The minimum absolute atomic E-state index is 0.0933. The van der Waals surface area contributed by atoms with E-state index in [1.165, 1.54) is 24.3 Å². The number of amides is 2. The Kier molecular flexibility index (Phi) is 6.20. The molecule has 9 heteroatoms. The van der Waals surface area contributed by atoms with Crippen molar-refractivity contribution >= 4 is 21.6 Å². The molecular weight excluding hydrogens is 438 g/mol. The van der Waals surface area contributed by atoms with Crippen LogP contribution in [0.5, 0.6) is 0 Å². The zero-order chi connectivity index (χ0) is 23.3.